The van der Waals surface area contributed by atoms with Gasteiger partial charge in [-0.2, -0.15) is 11.8 Å². The summed E-state index contributed by atoms with van der Waals surface area (Å²) >= 11 is 3.37. The smallest absolute Gasteiger partial charge is 0.205 e. The van der Waals surface area contributed by atoms with Crippen LogP contribution >= 0.6 is 23.1 Å². The van der Waals surface area contributed by atoms with E-state index >= 15 is 0 Å². The van der Waals surface area contributed by atoms with Gasteiger partial charge in [0.2, 0.25) is 5.13 Å². The summed E-state index contributed by atoms with van der Waals surface area (Å²) in [5.74, 6) is 1.06. The molecule has 2 unspecified atom stereocenters. The first-order valence-corrected chi connectivity index (χ1v) is 7.38. The largest absolute Gasteiger partial charge is 0.387 e. The highest BCUT2D eigenvalue weighted by molar-refractivity contribution is 8.00. The molecule has 1 aliphatic rings. The Kier molecular flexibility index (Phi) is 3.71. The number of rotatable bonds is 5. The van der Waals surface area contributed by atoms with Gasteiger partial charge in [-0.05, 0) is 25.5 Å². The molecule has 0 bridgehead atoms. The zero-order valence-electron chi connectivity index (χ0n) is 9.56. The number of anilines is 1. The number of hydrogen-bond donors (Lipinski definition) is 2. The fourth-order valence-corrected chi connectivity index (χ4v) is 3.62. The summed E-state index contributed by atoms with van der Waals surface area (Å²) in [6.07, 6.45) is 2.00. The topological polar surface area (TPSA) is 58.0 Å². The monoisotopic (exact) mass is 259 g/mol. The Bertz CT molecular complexity index is 358. The lowest BCUT2D eigenvalue weighted by atomic mass is 9.79. The van der Waals surface area contributed by atoms with Crippen molar-refractivity contribution in [2.75, 3.05) is 17.6 Å². The Morgan fingerprint density at radius 2 is 2.44 bits per heavy atom. The van der Waals surface area contributed by atoms with Crippen molar-refractivity contribution in [1.82, 2.24) is 10.2 Å². The minimum Gasteiger partial charge on any atom is -0.387 e. The van der Waals surface area contributed by atoms with E-state index in [0.29, 0.717) is 11.8 Å². The third-order valence-corrected chi connectivity index (χ3v) is 5.08. The first-order valence-electron chi connectivity index (χ1n) is 5.52. The van der Waals surface area contributed by atoms with Crippen LogP contribution in [0.1, 0.15) is 24.8 Å². The van der Waals surface area contributed by atoms with Crippen molar-refractivity contribution in [3.8, 4) is 0 Å². The van der Waals surface area contributed by atoms with E-state index in [4.69, 9.17) is 0 Å². The summed E-state index contributed by atoms with van der Waals surface area (Å²) in [7, 11) is 0. The number of aromatic nitrogens is 2. The Labute approximate surface area is 104 Å². The van der Waals surface area contributed by atoms with Gasteiger partial charge in [-0.3, -0.25) is 0 Å². The van der Waals surface area contributed by atoms with E-state index in [1.54, 1.807) is 0 Å². The Balaban J connectivity index is 1.85. The lowest BCUT2D eigenvalue weighted by Gasteiger charge is -2.44. The normalized spacial score (nSPS) is 28.8. The first kappa shape index (κ1) is 12.1. The van der Waals surface area contributed by atoms with Gasteiger partial charge in [0, 0.05) is 11.8 Å². The lowest BCUT2D eigenvalue weighted by Crippen LogP contribution is -2.54. The van der Waals surface area contributed by atoms with Crippen molar-refractivity contribution >= 4 is 28.2 Å². The van der Waals surface area contributed by atoms with E-state index < -0.39 is 5.60 Å². The van der Waals surface area contributed by atoms with Gasteiger partial charge < -0.3 is 10.4 Å². The van der Waals surface area contributed by atoms with Crippen LogP contribution in [-0.2, 0) is 0 Å². The molecule has 16 heavy (non-hydrogen) atoms. The molecule has 6 heteroatoms. The summed E-state index contributed by atoms with van der Waals surface area (Å²) in [4.78, 5) is 0. The molecule has 1 heterocycles. The number of thioether (sulfide) groups is 1. The second-order valence-corrected chi connectivity index (χ2v) is 6.73. The zero-order valence-corrected chi connectivity index (χ0v) is 11.2. The molecular formula is C10H17N3OS2. The molecule has 1 aromatic heterocycles. The molecule has 0 radical (unpaired) electrons. The van der Waals surface area contributed by atoms with Crippen LogP contribution in [0.2, 0.25) is 0 Å². The Morgan fingerprint density at radius 3 is 2.94 bits per heavy atom. The zero-order chi connectivity index (χ0) is 11.6. The van der Waals surface area contributed by atoms with Crippen LogP contribution < -0.4 is 5.32 Å². The van der Waals surface area contributed by atoms with Crippen molar-refractivity contribution in [3.05, 3.63) is 5.01 Å². The summed E-state index contributed by atoms with van der Waals surface area (Å²) in [6, 6.07) is 0. The summed E-state index contributed by atoms with van der Waals surface area (Å²) in [5, 5.41) is 23.6. The second kappa shape index (κ2) is 4.89. The lowest BCUT2D eigenvalue weighted by molar-refractivity contribution is -0.0120. The molecular weight excluding hydrogens is 242 g/mol. The maximum Gasteiger partial charge on any atom is 0.205 e. The third kappa shape index (κ3) is 2.49. The Morgan fingerprint density at radius 1 is 1.62 bits per heavy atom. The molecule has 1 saturated carbocycles. The molecule has 2 N–H and O–H groups in total. The van der Waals surface area contributed by atoms with Crippen molar-refractivity contribution in [2.45, 2.75) is 37.5 Å². The summed E-state index contributed by atoms with van der Waals surface area (Å²) in [6.45, 7) is 4.64. The SMILES string of the molecule is CCSC1CCC1(O)CNc1nnc(C)s1. The molecule has 90 valence electrons. The summed E-state index contributed by atoms with van der Waals surface area (Å²) in [5.41, 5.74) is -0.555. The van der Waals surface area contributed by atoms with Crippen molar-refractivity contribution in [3.63, 3.8) is 0 Å². The standard InChI is InChI=1S/C10H17N3OS2/c1-3-15-8-4-5-10(8,14)6-11-9-13-12-7(2)16-9/h8,14H,3-6H2,1-2H3,(H,11,13). The summed E-state index contributed by atoms with van der Waals surface area (Å²) < 4.78 is 0. The van der Waals surface area contributed by atoms with E-state index in [1.807, 2.05) is 18.7 Å². The molecule has 2 atom stereocenters. The average Bonchev–Trinajstić information content (AvgIpc) is 2.67. The number of nitrogens with one attached hydrogen (secondary N) is 1. The van der Waals surface area contributed by atoms with Gasteiger partial charge in [0.25, 0.3) is 0 Å². The average molecular weight is 259 g/mol. The van der Waals surface area contributed by atoms with Gasteiger partial charge in [-0.15, -0.1) is 10.2 Å². The van der Waals surface area contributed by atoms with Crippen molar-refractivity contribution in [2.24, 2.45) is 0 Å². The highest BCUT2D eigenvalue weighted by Gasteiger charge is 2.45. The second-order valence-electron chi connectivity index (χ2n) is 4.07. The molecule has 1 aromatic rings. The van der Waals surface area contributed by atoms with E-state index in [0.717, 1.165) is 28.7 Å². The predicted octanol–water partition coefficient (Wildman–Crippen LogP) is 1.91. The van der Waals surface area contributed by atoms with Gasteiger partial charge >= 0.3 is 0 Å². The maximum atomic E-state index is 10.3. The van der Waals surface area contributed by atoms with Gasteiger partial charge in [0.05, 0.1) is 5.60 Å². The van der Waals surface area contributed by atoms with Crippen LogP contribution in [-0.4, -0.2) is 38.5 Å². The molecule has 0 aromatic carbocycles. The molecule has 2 rings (SSSR count). The minimum atomic E-state index is -0.555. The van der Waals surface area contributed by atoms with Crippen LogP contribution in [0.25, 0.3) is 0 Å². The van der Waals surface area contributed by atoms with Crippen LogP contribution in [0, 0.1) is 6.92 Å². The first-order chi connectivity index (χ1) is 7.64. The fraction of sp³-hybridized carbons (Fsp3) is 0.800. The van der Waals surface area contributed by atoms with Crippen LogP contribution in [0.5, 0.6) is 0 Å². The van der Waals surface area contributed by atoms with Crippen LogP contribution in [0.15, 0.2) is 0 Å². The van der Waals surface area contributed by atoms with Gasteiger partial charge in [0.1, 0.15) is 5.01 Å². The molecule has 0 saturated heterocycles. The fourth-order valence-electron chi connectivity index (χ4n) is 1.83. The van der Waals surface area contributed by atoms with Crippen LogP contribution in [0.3, 0.4) is 0 Å². The van der Waals surface area contributed by atoms with E-state index in [2.05, 4.69) is 22.4 Å². The highest BCUT2D eigenvalue weighted by Crippen LogP contribution is 2.41. The number of aliphatic hydroxyl groups is 1. The minimum absolute atomic E-state index is 0.374. The van der Waals surface area contributed by atoms with E-state index in [1.165, 1.54) is 11.3 Å². The number of nitrogens with zero attached hydrogens (tertiary/aromatic N) is 2. The van der Waals surface area contributed by atoms with Crippen LogP contribution in [0.4, 0.5) is 5.13 Å². The Hall–Kier alpha value is -0.330. The van der Waals surface area contributed by atoms with Gasteiger partial charge in [-0.25, -0.2) is 0 Å². The molecule has 0 aliphatic heterocycles. The van der Waals surface area contributed by atoms with Crippen molar-refractivity contribution in [1.29, 1.82) is 0 Å². The number of aryl methyl sites for hydroxylation is 1. The predicted molar refractivity (Wildman–Crippen MR) is 69.2 cm³/mol. The van der Waals surface area contributed by atoms with Gasteiger partial charge in [0.15, 0.2) is 0 Å². The van der Waals surface area contributed by atoms with Crippen molar-refractivity contribution < 1.29 is 5.11 Å². The van der Waals surface area contributed by atoms with Gasteiger partial charge in [-0.1, -0.05) is 18.3 Å². The maximum absolute atomic E-state index is 10.3. The molecule has 0 spiro atoms. The molecule has 1 fully saturated rings. The van der Waals surface area contributed by atoms with E-state index in [-0.39, 0.29) is 0 Å². The number of hydrogen-bond acceptors (Lipinski definition) is 6. The quantitative estimate of drug-likeness (QED) is 0.846. The third-order valence-electron chi connectivity index (χ3n) is 2.88. The highest BCUT2D eigenvalue weighted by atomic mass is 32.2. The molecule has 0 amide bonds. The molecule has 4 nitrogen and oxygen atoms in total. The molecule has 1 aliphatic carbocycles. The van der Waals surface area contributed by atoms with E-state index in [9.17, 15) is 5.11 Å².